The topological polar surface area (TPSA) is 28.6 Å². The smallest absolute Gasteiger partial charge is 0.107 e. The van der Waals surface area contributed by atoms with Gasteiger partial charge in [0.15, 0.2) is 0 Å². The molecule has 0 N–H and O–H groups in total. The summed E-state index contributed by atoms with van der Waals surface area (Å²) < 4.78 is 5.97. The Bertz CT molecular complexity index is 462. The van der Waals surface area contributed by atoms with Crippen molar-refractivity contribution >= 4 is 11.3 Å². The van der Waals surface area contributed by atoms with Crippen LogP contribution in [0.25, 0.3) is 0 Å². The number of hydrogen-bond donors (Lipinski definition) is 0. The Hall–Kier alpha value is -0.490. The van der Waals surface area contributed by atoms with E-state index < -0.39 is 0 Å². The summed E-state index contributed by atoms with van der Waals surface area (Å²) in [5, 5.41) is 3.32. The van der Waals surface area contributed by atoms with Crippen molar-refractivity contribution in [1.82, 2.24) is 14.8 Å². The van der Waals surface area contributed by atoms with E-state index in [0.29, 0.717) is 5.41 Å². The highest BCUT2D eigenvalue weighted by Crippen LogP contribution is 2.36. The Morgan fingerprint density at radius 2 is 2.19 bits per heavy atom. The van der Waals surface area contributed by atoms with Crippen LogP contribution in [0.4, 0.5) is 0 Å². The molecule has 0 unspecified atom stereocenters. The monoisotopic (exact) mass is 307 g/mol. The average molecular weight is 307 g/mol. The molecule has 1 spiro atoms. The molecule has 3 heterocycles. The number of likely N-dealkylation sites (tertiary alicyclic amines) is 1. The Morgan fingerprint density at radius 3 is 3.00 bits per heavy atom. The maximum atomic E-state index is 5.97. The first-order valence-corrected chi connectivity index (χ1v) is 9.10. The molecule has 116 valence electrons. The fourth-order valence-electron chi connectivity index (χ4n) is 3.83. The first-order valence-electron chi connectivity index (χ1n) is 8.22. The fourth-order valence-corrected chi connectivity index (χ4v) is 4.49. The van der Waals surface area contributed by atoms with Crippen LogP contribution in [0.1, 0.15) is 24.3 Å². The van der Waals surface area contributed by atoms with Crippen LogP contribution in [0.3, 0.4) is 0 Å². The summed E-state index contributed by atoms with van der Waals surface area (Å²) in [6.45, 7) is 8.92. The lowest BCUT2D eigenvalue weighted by Crippen LogP contribution is -2.41. The maximum Gasteiger partial charge on any atom is 0.107 e. The Kier molecular flexibility index (Phi) is 4.00. The van der Waals surface area contributed by atoms with Crippen molar-refractivity contribution in [3.63, 3.8) is 0 Å². The molecule has 0 aromatic carbocycles. The fraction of sp³-hybridized carbons (Fsp3) is 0.812. The summed E-state index contributed by atoms with van der Waals surface area (Å²) in [5.41, 5.74) is 0.364. The maximum absolute atomic E-state index is 5.97. The molecule has 1 aliphatic carbocycles. The molecule has 2 aliphatic heterocycles. The van der Waals surface area contributed by atoms with Crippen LogP contribution in [0.15, 0.2) is 11.6 Å². The van der Waals surface area contributed by atoms with E-state index in [9.17, 15) is 0 Å². The summed E-state index contributed by atoms with van der Waals surface area (Å²) in [6, 6.07) is 0. The van der Waals surface area contributed by atoms with E-state index in [1.54, 1.807) is 11.3 Å². The number of rotatable bonds is 4. The lowest BCUT2D eigenvalue weighted by Gasteiger charge is -2.32. The van der Waals surface area contributed by atoms with E-state index in [2.05, 4.69) is 20.2 Å². The van der Waals surface area contributed by atoms with Crippen LogP contribution in [0, 0.1) is 11.3 Å². The van der Waals surface area contributed by atoms with Gasteiger partial charge in [0.25, 0.3) is 0 Å². The Labute approximate surface area is 131 Å². The van der Waals surface area contributed by atoms with Gasteiger partial charge >= 0.3 is 0 Å². The summed E-state index contributed by atoms with van der Waals surface area (Å²) in [7, 11) is 0. The van der Waals surface area contributed by atoms with Gasteiger partial charge in [0.05, 0.1) is 19.8 Å². The van der Waals surface area contributed by atoms with Gasteiger partial charge in [-0.2, -0.15) is 0 Å². The number of aromatic nitrogens is 1. The zero-order valence-corrected chi connectivity index (χ0v) is 13.5. The molecule has 0 radical (unpaired) electrons. The molecule has 4 nitrogen and oxygen atoms in total. The van der Waals surface area contributed by atoms with E-state index >= 15 is 0 Å². The Balaban J connectivity index is 1.38. The van der Waals surface area contributed by atoms with Crippen LogP contribution < -0.4 is 0 Å². The Morgan fingerprint density at radius 1 is 1.29 bits per heavy atom. The minimum Gasteiger partial charge on any atom is -0.379 e. The van der Waals surface area contributed by atoms with Gasteiger partial charge in [0, 0.05) is 43.2 Å². The molecule has 3 fully saturated rings. The van der Waals surface area contributed by atoms with E-state index in [0.717, 1.165) is 32.2 Å². The number of nitrogens with zero attached hydrogens (tertiary/aromatic N) is 3. The summed E-state index contributed by atoms with van der Waals surface area (Å²) >= 11 is 1.77. The van der Waals surface area contributed by atoms with E-state index in [1.165, 1.54) is 50.4 Å². The highest BCUT2D eigenvalue weighted by atomic mass is 32.1. The largest absolute Gasteiger partial charge is 0.379 e. The molecule has 0 bridgehead atoms. The lowest BCUT2D eigenvalue weighted by molar-refractivity contribution is 0.0707. The normalized spacial score (nSPS) is 31.8. The molecule has 1 aromatic rings. The first kappa shape index (κ1) is 14.1. The van der Waals surface area contributed by atoms with Gasteiger partial charge in [-0.25, -0.2) is 4.98 Å². The molecule has 3 aliphatic rings. The van der Waals surface area contributed by atoms with Crippen molar-refractivity contribution in [2.75, 3.05) is 45.9 Å². The molecular weight excluding hydrogens is 282 g/mol. The lowest BCUT2D eigenvalue weighted by atomic mass is 9.87. The minimum absolute atomic E-state index is 0.364. The quantitative estimate of drug-likeness (QED) is 0.851. The molecule has 4 rings (SSSR count). The van der Waals surface area contributed by atoms with Gasteiger partial charge in [-0.3, -0.25) is 4.90 Å². The highest BCUT2D eigenvalue weighted by molar-refractivity contribution is 7.09. The van der Waals surface area contributed by atoms with Crippen molar-refractivity contribution < 1.29 is 4.74 Å². The van der Waals surface area contributed by atoms with Gasteiger partial charge in [0.1, 0.15) is 5.01 Å². The SMILES string of the molecule is c1csc(CN2CC[C@]3(COCCN(CC4CC4)C3)C2)n1. The summed E-state index contributed by atoms with van der Waals surface area (Å²) in [4.78, 5) is 9.68. The van der Waals surface area contributed by atoms with Gasteiger partial charge in [0.2, 0.25) is 0 Å². The van der Waals surface area contributed by atoms with Crippen molar-refractivity contribution in [2.45, 2.75) is 25.8 Å². The average Bonchev–Trinajstić information content (AvgIpc) is 3.04. The van der Waals surface area contributed by atoms with Crippen LogP contribution in [-0.4, -0.2) is 60.7 Å². The summed E-state index contributed by atoms with van der Waals surface area (Å²) in [5.74, 6) is 0.980. The number of thiazole rings is 1. The zero-order valence-electron chi connectivity index (χ0n) is 12.7. The van der Waals surface area contributed by atoms with E-state index in [4.69, 9.17) is 4.74 Å². The number of hydrogen-bond acceptors (Lipinski definition) is 5. The van der Waals surface area contributed by atoms with Crippen LogP contribution in [0.2, 0.25) is 0 Å². The highest BCUT2D eigenvalue weighted by Gasteiger charge is 2.41. The van der Waals surface area contributed by atoms with Gasteiger partial charge in [-0.15, -0.1) is 11.3 Å². The third kappa shape index (κ3) is 3.47. The zero-order chi connectivity index (χ0) is 14.1. The molecule has 1 aromatic heterocycles. The van der Waals surface area contributed by atoms with Crippen LogP contribution >= 0.6 is 11.3 Å². The minimum atomic E-state index is 0.364. The predicted octanol–water partition coefficient (Wildman–Crippen LogP) is 2.08. The molecule has 5 heteroatoms. The van der Waals surface area contributed by atoms with Crippen molar-refractivity contribution in [1.29, 1.82) is 0 Å². The van der Waals surface area contributed by atoms with Crippen LogP contribution in [-0.2, 0) is 11.3 Å². The van der Waals surface area contributed by atoms with E-state index in [-0.39, 0.29) is 0 Å². The third-order valence-electron chi connectivity index (χ3n) is 5.09. The third-order valence-corrected chi connectivity index (χ3v) is 5.86. The van der Waals surface area contributed by atoms with Gasteiger partial charge < -0.3 is 9.64 Å². The van der Waals surface area contributed by atoms with Gasteiger partial charge in [-0.1, -0.05) is 0 Å². The van der Waals surface area contributed by atoms with Crippen molar-refractivity contribution in [3.05, 3.63) is 16.6 Å². The molecule has 1 saturated carbocycles. The van der Waals surface area contributed by atoms with Crippen molar-refractivity contribution in [3.8, 4) is 0 Å². The first-order chi connectivity index (χ1) is 10.3. The molecule has 1 atom stereocenters. The summed E-state index contributed by atoms with van der Waals surface area (Å²) in [6.07, 6.45) is 6.08. The molecule has 2 saturated heterocycles. The second-order valence-corrected chi connectivity index (χ2v) is 8.10. The second kappa shape index (κ2) is 5.95. The molecule has 21 heavy (non-hydrogen) atoms. The van der Waals surface area contributed by atoms with Gasteiger partial charge in [-0.05, 0) is 31.7 Å². The van der Waals surface area contributed by atoms with E-state index in [1.807, 2.05) is 6.20 Å². The molecule has 0 amide bonds. The standard InChI is InChI=1S/C16H25N3OS/c1-2-14(1)9-19-6-7-20-13-16(12-19)3-5-18(11-16)10-15-17-4-8-21-15/h4,8,14H,1-3,5-7,9-13H2/t16-/m0/s1. The number of ether oxygens (including phenoxy) is 1. The molecular formula is C16H25N3OS. The second-order valence-electron chi connectivity index (χ2n) is 7.12. The predicted molar refractivity (Wildman–Crippen MR) is 84.4 cm³/mol. The van der Waals surface area contributed by atoms with Crippen LogP contribution in [0.5, 0.6) is 0 Å². The van der Waals surface area contributed by atoms with Crippen molar-refractivity contribution in [2.24, 2.45) is 11.3 Å².